The summed E-state index contributed by atoms with van der Waals surface area (Å²) in [5.41, 5.74) is 0.749. The number of hydrogen-bond acceptors (Lipinski definition) is 1. The van der Waals surface area contributed by atoms with E-state index in [1.807, 2.05) is 0 Å². The molecule has 0 saturated carbocycles. The molecule has 6 heteroatoms. The van der Waals surface area contributed by atoms with Crippen LogP contribution in [0.2, 0.25) is 0 Å². The quantitative estimate of drug-likeness (QED) is 0.631. The minimum Gasteiger partial charge on any atom is -0.500 e. The minimum absolute atomic E-state index is 0. The van der Waals surface area contributed by atoms with E-state index in [4.69, 9.17) is 4.74 Å². The maximum atomic E-state index is 12.9. The second kappa shape index (κ2) is 5.44. The van der Waals surface area contributed by atoms with Gasteiger partial charge in [0.2, 0.25) is 0 Å². The normalized spacial score (nSPS) is 14.2. The number of halogens is 3. The zero-order valence-electron chi connectivity index (χ0n) is 9.40. The maximum absolute atomic E-state index is 12.9. The molecule has 1 aromatic carbocycles. The van der Waals surface area contributed by atoms with Gasteiger partial charge in [-0.05, 0) is 30.9 Å². The Morgan fingerprint density at radius 1 is 1.19 bits per heavy atom. The van der Waals surface area contributed by atoms with E-state index >= 15 is 0 Å². The summed E-state index contributed by atoms with van der Waals surface area (Å²) >= 11 is 0. The monoisotopic (exact) mass is 254 g/mol. The summed E-state index contributed by atoms with van der Waals surface area (Å²) in [5.74, 6) is -0.0387. The van der Waals surface area contributed by atoms with Crippen molar-refractivity contribution in [1.82, 2.24) is 0 Å². The summed E-state index contributed by atoms with van der Waals surface area (Å²) in [5, 5.41) is 0. The van der Waals surface area contributed by atoms with Crippen molar-refractivity contribution < 1.29 is 69.1 Å². The van der Waals surface area contributed by atoms with Crippen LogP contribution in [-0.2, 0) is 12.8 Å². The van der Waals surface area contributed by atoms with Gasteiger partial charge in [-0.3, -0.25) is 0 Å². The predicted octanol–water partition coefficient (Wildman–Crippen LogP) is -0.758. The first-order valence-corrected chi connectivity index (χ1v) is 4.92. The molecular formula is C10H11BF3KO. The van der Waals surface area contributed by atoms with Crippen LogP contribution in [0.1, 0.15) is 17.5 Å². The van der Waals surface area contributed by atoms with Crippen molar-refractivity contribution in [2.75, 3.05) is 7.11 Å². The van der Waals surface area contributed by atoms with Crippen molar-refractivity contribution >= 4 is 12.4 Å². The molecule has 1 aliphatic carbocycles. The molecule has 0 N–H and O–H groups in total. The molecule has 0 heterocycles. The molecule has 1 aliphatic rings. The smallest absolute Gasteiger partial charge is 0.500 e. The van der Waals surface area contributed by atoms with Crippen LogP contribution >= 0.6 is 0 Å². The molecule has 0 aromatic heterocycles. The number of ether oxygens (including phenoxy) is 1. The largest absolute Gasteiger partial charge is 1.00 e. The van der Waals surface area contributed by atoms with Crippen molar-refractivity contribution in [1.29, 1.82) is 0 Å². The van der Waals surface area contributed by atoms with E-state index in [1.54, 1.807) is 6.07 Å². The van der Waals surface area contributed by atoms with Crippen LogP contribution < -0.4 is 61.6 Å². The second-order valence-corrected chi connectivity index (χ2v) is 3.75. The van der Waals surface area contributed by atoms with Gasteiger partial charge in [-0.15, -0.1) is 0 Å². The molecule has 0 spiro atoms. The van der Waals surface area contributed by atoms with E-state index in [2.05, 4.69) is 0 Å². The zero-order chi connectivity index (χ0) is 11.1. The second-order valence-electron chi connectivity index (χ2n) is 3.75. The van der Waals surface area contributed by atoms with Crippen LogP contribution in [0.5, 0.6) is 5.75 Å². The molecule has 2 rings (SSSR count). The number of rotatable bonds is 2. The molecule has 0 aliphatic heterocycles. The third kappa shape index (κ3) is 2.67. The predicted molar refractivity (Wildman–Crippen MR) is 53.7 cm³/mol. The van der Waals surface area contributed by atoms with Gasteiger partial charge in [0.25, 0.3) is 0 Å². The molecule has 0 fully saturated rings. The van der Waals surface area contributed by atoms with E-state index in [1.165, 1.54) is 13.2 Å². The van der Waals surface area contributed by atoms with Crippen molar-refractivity contribution in [3.63, 3.8) is 0 Å². The first-order valence-electron chi connectivity index (χ1n) is 4.92. The fourth-order valence-electron chi connectivity index (χ4n) is 2.21. The van der Waals surface area contributed by atoms with Gasteiger partial charge in [0.05, 0.1) is 12.9 Å². The van der Waals surface area contributed by atoms with Crippen LogP contribution in [-0.4, -0.2) is 14.1 Å². The Bertz CT molecular complexity index is 392. The van der Waals surface area contributed by atoms with Crippen molar-refractivity contribution in [3.05, 3.63) is 23.3 Å². The summed E-state index contributed by atoms with van der Waals surface area (Å²) in [6.45, 7) is -4.98. The van der Waals surface area contributed by atoms with Gasteiger partial charge >= 0.3 is 58.4 Å². The molecule has 0 bridgehead atoms. The van der Waals surface area contributed by atoms with E-state index < -0.39 is 12.4 Å². The summed E-state index contributed by atoms with van der Waals surface area (Å²) < 4.78 is 43.4. The Morgan fingerprint density at radius 3 is 2.44 bits per heavy atom. The van der Waals surface area contributed by atoms with E-state index in [0.29, 0.717) is 12.0 Å². The molecule has 0 amide bonds. The average Bonchev–Trinajstić information content (AvgIpc) is 2.61. The molecule has 0 unspecified atom stereocenters. The number of hydrogen-bond donors (Lipinski definition) is 0. The van der Waals surface area contributed by atoms with Gasteiger partial charge in [0.15, 0.2) is 0 Å². The van der Waals surface area contributed by atoms with Crippen molar-refractivity contribution in [2.24, 2.45) is 0 Å². The van der Waals surface area contributed by atoms with Crippen molar-refractivity contribution in [2.45, 2.75) is 19.3 Å². The SMILES string of the molecule is COc1ccc2c(c1[B-](F)(F)F)CCC2.[K+]. The molecule has 0 saturated heterocycles. The third-order valence-electron chi connectivity index (χ3n) is 2.83. The number of methoxy groups -OCH3 is 1. The average molecular weight is 254 g/mol. The van der Waals surface area contributed by atoms with Gasteiger partial charge in [-0.2, -0.15) is 0 Å². The minimum atomic E-state index is -4.98. The fourth-order valence-corrected chi connectivity index (χ4v) is 2.21. The van der Waals surface area contributed by atoms with E-state index in [-0.39, 0.29) is 57.1 Å². The van der Waals surface area contributed by atoms with Crippen LogP contribution in [0.3, 0.4) is 0 Å². The van der Waals surface area contributed by atoms with Gasteiger partial charge in [-0.25, -0.2) is 0 Å². The molecular weight excluding hydrogens is 243 g/mol. The van der Waals surface area contributed by atoms with Crippen LogP contribution in [0.15, 0.2) is 12.1 Å². The maximum Gasteiger partial charge on any atom is 1.00 e. The molecule has 16 heavy (non-hydrogen) atoms. The summed E-state index contributed by atoms with van der Waals surface area (Å²) in [6.07, 6.45) is 2.07. The van der Waals surface area contributed by atoms with Crippen LogP contribution in [0.25, 0.3) is 0 Å². The number of benzene rings is 1. The number of fused-ring (bicyclic) bond motifs is 1. The molecule has 82 valence electrons. The first kappa shape index (κ1) is 14.6. The first-order chi connectivity index (χ1) is 7.04. The van der Waals surface area contributed by atoms with Gasteiger partial charge in [0, 0.05) is 0 Å². The third-order valence-corrected chi connectivity index (χ3v) is 2.83. The Kier molecular flexibility index (Phi) is 4.95. The number of aryl methyl sites for hydroxylation is 1. The van der Waals surface area contributed by atoms with Gasteiger partial charge in [0.1, 0.15) is 0 Å². The van der Waals surface area contributed by atoms with Crippen molar-refractivity contribution in [3.8, 4) is 5.75 Å². The van der Waals surface area contributed by atoms with E-state index in [9.17, 15) is 12.9 Å². The van der Waals surface area contributed by atoms with E-state index in [0.717, 1.165) is 18.4 Å². The fraction of sp³-hybridized carbons (Fsp3) is 0.400. The summed E-state index contributed by atoms with van der Waals surface area (Å²) in [4.78, 5) is 0. The Morgan fingerprint density at radius 2 is 1.88 bits per heavy atom. The van der Waals surface area contributed by atoms with Crippen LogP contribution in [0.4, 0.5) is 12.9 Å². The van der Waals surface area contributed by atoms with Crippen LogP contribution in [0, 0.1) is 0 Å². The molecule has 0 atom stereocenters. The summed E-state index contributed by atoms with van der Waals surface area (Å²) in [6, 6.07) is 3.17. The standard InChI is InChI=1S/C10H11BF3O.K/c1-15-9-6-5-7-3-2-4-8(7)10(9)11(12,13)14;/h5-6H,2-4H2,1H3;/q-1;+1. The Hall–Kier alpha value is 0.511. The molecule has 1 aromatic rings. The Balaban J connectivity index is 0.00000128. The topological polar surface area (TPSA) is 9.23 Å². The Labute approximate surface area is 135 Å². The molecule has 0 radical (unpaired) electrons. The zero-order valence-corrected chi connectivity index (χ0v) is 12.5. The summed E-state index contributed by atoms with van der Waals surface area (Å²) in [7, 11) is 1.28. The van der Waals surface area contributed by atoms with Gasteiger partial charge < -0.3 is 17.7 Å². The van der Waals surface area contributed by atoms with Gasteiger partial charge in [-0.1, -0.05) is 17.1 Å². The molecule has 1 nitrogen and oxygen atoms in total.